The summed E-state index contributed by atoms with van der Waals surface area (Å²) in [6, 6.07) is 4.29. The Bertz CT molecular complexity index is 417. The Morgan fingerprint density at radius 2 is 1.82 bits per heavy atom. The molecular weight excluding hydrogens is 212 g/mol. The molecule has 0 radical (unpaired) electrons. The van der Waals surface area contributed by atoms with Crippen molar-refractivity contribution in [1.82, 2.24) is 10.6 Å². The van der Waals surface area contributed by atoms with E-state index in [-0.39, 0.29) is 11.9 Å². The molecule has 0 bridgehead atoms. The predicted octanol–water partition coefficient (Wildman–Crippen LogP) is 1.24. The summed E-state index contributed by atoms with van der Waals surface area (Å²) in [6.07, 6.45) is 0.782. The Morgan fingerprint density at radius 3 is 2.41 bits per heavy atom. The van der Waals surface area contributed by atoms with Gasteiger partial charge in [0.25, 0.3) is 0 Å². The molecule has 1 aromatic rings. The quantitative estimate of drug-likeness (QED) is 0.805. The van der Waals surface area contributed by atoms with E-state index < -0.39 is 0 Å². The lowest BCUT2D eigenvalue weighted by atomic mass is 9.93. The standard InChI is InChI=1S/C14H20N2O/c1-9-6-10(2)12(11(3)7-9)8-13-14(17)16-5-4-15-13/h6-7,13,15H,4-5,8H2,1-3H3,(H,16,17)/t13-/m1/s1. The van der Waals surface area contributed by atoms with Crippen LogP contribution in [0.25, 0.3) is 0 Å². The molecule has 0 aliphatic carbocycles. The summed E-state index contributed by atoms with van der Waals surface area (Å²) >= 11 is 0. The summed E-state index contributed by atoms with van der Waals surface area (Å²) in [5.74, 6) is 0.121. The first-order valence-electron chi connectivity index (χ1n) is 6.16. The molecule has 2 N–H and O–H groups in total. The van der Waals surface area contributed by atoms with E-state index in [1.165, 1.54) is 22.3 Å². The van der Waals surface area contributed by atoms with Gasteiger partial charge in [0.1, 0.15) is 0 Å². The van der Waals surface area contributed by atoms with Gasteiger partial charge in [-0.1, -0.05) is 17.7 Å². The first kappa shape index (κ1) is 12.1. The van der Waals surface area contributed by atoms with Gasteiger partial charge in [-0.05, 0) is 43.9 Å². The van der Waals surface area contributed by atoms with Crippen molar-refractivity contribution in [3.63, 3.8) is 0 Å². The van der Waals surface area contributed by atoms with E-state index in [9.17, 15) is 4.79 Å². The third kappa shape index (κ3) is 2.67. The van der Waals surface area contributed by atoms with Crippen LogP contribution in [0, 0.1) is 20.8 Å². The molecule has 1 aliphatic rings. The van der Waals surface area contributed by atoms with Crippen LogP contribution in [-0.4, -0.2) is 25.0 Å². The highest BCUT2D eigenvalue weighted by molar-refractivity contribution is 5.82. The zero-order chi connectivity index (χ0) is 12.4. The zero-order valence-corrected chi connectivity index (χ0v) is 10.8. The van der Waals surface area contributed by atoms with Crippen LogP contribution in [0.3, 0.4) is 0 Å². The van der Waals surface area contributed by atoms with E-state index in [0.717, 1.165) is 19.5 Å². The summed E-state index contributed by atoms with van der Waals surface area (Å²) in [5, 5.41) is 6.18. The first-order chi connectivity index (χ1) is 8.08. The van der Waals surface area contributed by atoms with Gasteiger partial charge < -0.3 is 10.6 Å². The van der Waals surface area contributed by atoms with Gasteiger partial charge in [-0.2, -0.15) is 0 Å². The van der Waals surface area contributed by atoms with Gasteiger partial charge in [-0.3, -0.25) is 4.79 Å². The summed E-state index contributed by atoms with van der Waals surface area (Å²) in [7, 11) is 0. The molecule has 1 heterocycles. The highest BCUT2D eigenvalue weighted by Gasteiger charge is 2.22. The highest BCUT2D eigenvalue weighted by atomic mass is 16.2. The number of hydrogen-bond donors (Lipinski definition) is 2. The van der Waals surface area contributed by atoms with E-state index in [0.29, 0.717) is 0 Å². The Balaban J connectivity index is 2.20. The minimum Gasteiger partial charge on any atom is -0.353 e. The van der Waals surface area contributed by atoms with Crippen LogP contribution in [0.5, 0.6) is 0 Å². The average Bonchev–Trinajstić information content (AvgIpc) is 2.25. The van der Waals surface area contributed by atoms with Gasteiger partial charge in [0.2, 0.25) is 5.91 Å². The van der Waals surface area contributed by atoms with Crippen molar-refractivity contribution >= 4 is 5.91 Å². The lowest BCUT2D eigenvalue weighted by molar-refractivity contribution is -0.124. The van der Waals surface area contributed by atoms with Crippen LogP contribution in [0.4, 0.5) is 0 Å². The Labute approximate surface area is 103 Å². The van der Waals surface area contributed by atoms with E-state index in [2.05, 4.69) is 43.5 Å². The fraction of sp³-hybridized carbons (Fsp3) is 0.500. The molecule has 17 heavy (non-hydrogen) atoms. The van der Waals surface area contributed by atoms with E-state index >= 15 is 0 Å². The Morgan fingerprint density at radius 1 is 1.18 bits per heavy atom. The van der Waals surface area contributed by atoms with Crippen molar-refractivity contribution in [1.29, 1.82) is 0 Å². The van der Waals surface area contributed by atoms with Crippen LogP contribution in [0.15, 0.2) is 12.1 Å². The number of aryl methyl sites for hydroxylation is 3. The van der Waals surface area contributed by atoms with Crippen LogP contribution in [0.1, 0.15) is 22.3 Å². The number of nitrogens with one attached hydrogen (secondary N) is 2. The van der Waals surface area contributed by atoms with Crippen molar-refractivity contribution in [2.75, 3.05) is 13.1 Å². The maximum atomic E-state index is 11.7. The predicted molar refractivity (Wildman–Crippen MR) is 69.2 cm³/mol. The smallest absolute Gasteiger partial charge is 0.237 e. The van der Waals surface area contributed by atoms with Crippen LogP contribution in [0.2, 0.25) is 0 Å². The number of carbonyl (C=O) groups excluding carboxylic acids is 1. The third-order valence-corrected chi connectivity index (χ3v) is 3.38. The number of rotatable bonds is 2. The lowest BCUT2D eigenvalue weighted by Gasteiger charge is -2.25. The lowest BCUT2D eigenvalue weighted by Crippen LogP contribution is -2.53. The molecule has 0 aromatic heterocycles. The summed E-state index contributed by atoms with van der Waals surface area (Å²) < 4.78 is 0. The molecule has 2 rings (SSSR count). The molecule has 1 saturated heterocycles. The maximum absolute atomic E-state index is 11.7. The summed E-state index contributed by atoms with van der Waals surface area (Å²) in [6.45, 7) is 7.95. The zero-order valence-electron chi connectivity index (χ0n) is 10.8. The largest absolute Gasteiger partial charge is 0.353 e. The molecule has 0 saturated carbocycles. The second-order valence-electron chi connectivity index (χ2n) is 4.88. The van der Waals surface area contributed by atoms with Crippen LogP contribution < -0.4 is 10.6 Å². The van der Waals surface area contributed by atoms with Crippen molar-refractivity contribution < 1.29 is 4.79 Å². The maximum Gasteiger partial charge on any atom is 0.237 e. The van der Waals surface area contributed by atoms with Gasteiger partial charge in [0.05, 0.1) is 6.04 Å². The molecule has 92 valence electrons. The number of benzene rings is 1. The molecule has 0 spiro atoms. The SMILES string of the molecule is Cc1cc(C)c(C[C@H]2NCCNC2=O)c(C)c1. The second kappa shape index (κ2) is 4.88. The highest BCUT2D eigenvalue weighted by Crippen LogP contribution is 2.18. The fourth-order valence-corrected chi connectivity index (χ4v) is 2.55. The van der Waals surface area contributed by atoms with E-state index in [4.69, 9.17) is 0 Å². The molecular formula is C14H20N2O. The molecule has 1 atom stereocenters. The monoisotopic (exact) mass is 232 g/mol. The van der Waals surface area contributed by atoms with Crippen molar-refractivity contribution in [2.24, 2.45) is 0 Å². The summed E-state index contributed by atoms with van der Waals surface area (Å²) in [5.41, 5.74) is 5.14. The van der Waals surface area contributed by atoms with E-state index in [1.807, 2.05) is 0 Å². The Hall–Kier alpha value is -1.35. The van der Waals surface area contributed by atoms with Gasteiger partial charge in [0.15, 0.2) is 0 Å². The second-order valence-corrected chi connectivity index (χ2v) is 4.88. The van der Waals surface area contributed by atoms with Crippen LogP contribution >= 0.6 is 0 Å². The van der Waals surface area contributed by atoms with Crippen molar-refractivity contribution in [3.8, 4) is 0 Å². The Kier molecular flexibility index (Phi) is 3.48. The molecule has 1 amide bonds. The molecule has 1 fully saturated rings. The topological polar surface area (TPSA) is 41.1 Å². The summed E-state index contributed by atoms with van der Waals surface area (Å²) in [4.78, 5) is 11.7. The normalized spacial score (nSPS) is 20.2. The van der Waals surface area contributed by atoms with E-state index in [1.54, 1.807) is 0 Å². The average molecular weight is 232 g/mol. The van der Waals surface area contributed by atoms with Gasteiger partial charge in [0, 0.05) is 13.1 Å². The molecule has 3 heteroatoms. The number of carbonyl (C=O) groups is 1. The first-order valence-corrected chi connectivity index (χ1v) is 6.16. The third-order valence-electron chi connectivity index (χ3n) is 3.38. The fourth-order valence-electron chi connectivity index (χ4n) is 2.55. The van der Waals surface area contributed by atoms with Gasteiger partial charge in [-0.25, -0.2) is 0 Å². The van der Waals surface area contributed by atoms with Crippen molar-refractivity contribution in [2.45, 2.75) is 33.2 Å². The molecule has 0 unspecified atom stereocenters. The minimum absolute atomic E-state index is 0.0798. The number of piperazine rings is 1. The molecule has 1 aliphatic heterocycles. The number of amides is 1. The van der Waals surface area contributed by atoms with Crippen LogP contribution in [-0.2, 0) is 11.2 Å². The molecule has 3 nitrogen and oxygen atoms in total. The molecule has 1 aromatic carbocycles. The van der Waals surface area contributed by atoms with Gasteiger partial charge in [-0.15, -0.1) is 0 Å². The van der Waals surface area contributed by atoms with Gasteiger partial charge >= 0.3 is 0 Å². The minimum atomic E-state index is -0.0798. The number of hydrogen-bond acceptors (Lipinski definition) is 2. The van der Waals surface area contributed by atoms with Crippen molar-refractivity contribution in [3.05, 3.63) is 34.4 Å².